The van der Waals surface area contributed by atoms with Crippen molar-refractivity contribution in [3.8, 4) is 28.8 Å². The van der Waals surface area contributed by atoms with Crippen LogP contribution in [0.4, 0.5) is 0 Å². The van der Waals surface area contributed by atoms with Crippen LogP contribution in [0.2, 0.25) is 0 Å². The van der Waals surface area contributed by atoms with E-state index in [1.165, 1.54) is 0 Å². The third-order valence-corrected chi connectivity index (χ3v) is 5.62. The number of ether oxygens (including phenoxy) is 1. The van der Waals surface area contributed by atoms with E-state index in [1.807, 2.05) is 48.5 Å². The van der Waals surface area contributed by atoms with Gasteiger partial charge in [0.15, 0.2) is 5.82 Å². The molecule has 2 heterocycles. The minimum atomic E-state index is 0.148. The van der Waals surface area contributed by atoms with Gasteiger partial charge in [0, 0.05) is 11.3 Å². The maximum atomic E-state index is 10.3. The van der Waals surface area contributed by atoms with E-state index in [2.05, 4.69) is 23.2 Å². The Hall–Kier alpha value is -3.31. The molecule has 1 aromatic heterocycles. The second-order valence-electron chi connectivity index (χ2n) is 6.45. The fourth-order valence-electron chi connectivity index (χ4n) is 3.19. The van der Waals surface area contributed by atoms with E-state index in [0.29, 0.717) is 23.7 Å². The molecule has 5 heteroatoms. The predicted octanol–water partition coefficient (Wildman–Crippen LogP) is 5.70. The van der Waals surface area contributed by atoms with Gasteiger partial charge < -0.3 is 9.84 Å². The number of hydrogen-bond donors (Lipinski definition) is 1. The Bertz CT molecular complexity index is 1160. The quantitative estimate of drug-likeness (QED) is 0.405. The van der Waals surface area contributed by atoms with Gasteiger partial charge in [0.2, 0.25) is 5.88 Å². The van der Waals surface area contributed by atoms with E-state index in [1.54, 1.807) is 23.9 Å². The molecule has 0 saturated carbocycles. The summed E-state index contributed by atoms with van der Waals surface area (Å²) in [7, 11) is 0. The van der Waals surface area contributed by atoms with Gasteiger partial charge in [0.1, 0.15) is 16.5 Å². The van der Waals surface area contributed by atoms with Gasteiger partial charge in [-0.15, -0.1) is 0 Å². The van der Waals surface area contributed by atoms with Crippen molar-refractivity contribution in [2.75, 3.05) is 0 Å². The van der Waals surface area contributed by atoms with Crippen molar-refractivity contribution in [2.45, 2.75) is 16.3 Å². The highest BCUT2D eigenvalue weighted by Gasteiger charge is 2.24. The van der Waals surface area contributed by atoms with Crippen LogP contribution in [0, 0.1) is 0 Å². The van der Waals surface area contributed by atoms with E-state index < -0.39 is 0 Å². The molecule has 28 heavy (non-hydrogen) atoms. The average Bonchev–Trinajstić information content (AvgIpc) is 2.73. The lowest BCUT2D eigenvalue weighted by molar-refractivity contribution is 0.435. The Morgan fingerprint density at radius 3 is 2.43 bits per heavy atom. The molecule has 1 N–H and O–H groups in total. The number of fused-ring (bicyclic) bond motifs is 2. The van der Waals surface area contributed by atoms with E-state index in [0.717, 1.165) is 26.8 Å². The average molecular weight is 384 g/mol. The zero-order chi connectivity index (χ0) is 18.9. The third kappa shape index (κ3) is 3.10. The number of phenolic OH excluding ortho intramolecular Hbond substituents is 1. The number of rotatable bonds is 3. The molecule has 0 atom stereocenters. The molecule has 0 amide bonds. The third-order valence-electron chi connectivity index (χ3n) is 4.58. The van der Waals surface area contributed by atoms with Crippen LogP contribution < -0.4 is 4.74 Å². The molecule has 0 bridgehead atoms. The van der Waals surface area contributed by atoms with Crippen LogP contribution in [0.3, 0.4) is 0 Å². The number of aromatic nitrogens is 2. The molecule has 0 fully saturated rings. The van der Waals surface area contributed by atoms with Crippen molar-refractivity contribution < 1.29 is 9.84 Å². The summed E-state index contributed by atoms with van der Waals surface area (Å²) in [5, 5.41) is 11.1. The highest BCUT2D eigenvalue weighted by atomic mass is 32.2. The van der Waals surface area contributed by atoms with Crippen LogP contribution in [-0.2, 0) is 6.42 Å². The summed E-state index contributed by atoms with van der Waals surface area (Å²) in [6.45, 7) is 0. The molecule has 4 aromatic rings. The zero-order valence-corrected chi connectivity index (χ0v) is 15.7. The van der Waals surface area contributed by atoms with Gasteiger partial charge in [-0.05, 0) is 35.9 Å². The molecule has 0 radical (unpaired) electrons. The van der Waals surface area contributed by atoms with E-state index >= 15 is 0 Å². The summed E-state index contributed by atoms with van der Waals surface area (Å²) >= 11 is 1.58. The summed E-state index contributed by atoms with van der Waals surface area (Å²) in [6, 6.07) is 25.2. The lowest BCUT2D eigenvalue weighted by Gasteiger charge is -2.21. The van der Waals surface area contributed by atoms with Crippen LogP contribution in [0.1, 0.15) is 11.1 Å². The molecule has 136 valence electrons. The number of para-hydroxylation sites is 2. The molecule has 1 aliphatic heterocycles. The Kier molecular flexibility index (Phi) is 4.22. The summed E-state index contributed by atoms with van der Waals surface area (Å²) in [4.78, 5) is 10.5. The topological polar surface area (TPSA) is 55.2 Å². The summed E-state index contributed by atoms with van der Waals surface area (Å²) in [6.07, 6.45) is 0.710. The van der Waals surface area contributed by atoms with Crippen molar-refractivity contribution in [3.63, 3.8) is 0 Å². The first-order valence-corrected chi connectivity index (χ1v) is 9.77. The minimum Gasteiger partial charge on any atom is -0.507 e. The van der Waals surface area contributed by atoms with Crippen LogP contribution in [0.25, 0.3) is 11.4 Å². The normalized spacial score (nSPS) is 12.0. The van der Waals surface area contributed by atoms with Gasteiger partial charge in [-0.1, -0.05) is 60.3 Å². The first-order chi connectivity index (χ1) is 13.8. The highest BCUT2D eigenvalue weighted by molar-refractivity contribution is 7.99. The lowest BCUT2D eigenvalue weighted by Crippen LogP contribution is -2.09. The number of hydrogen-bond acceptors (Lipinski definition) is 5. The van der Waals surface area contributed by atoms with Crippen molar-refractivity contribution in [2.24, 2.45) is 0 Å². The lowest BCUT2D eigenvalue weighted by atomic mass is 10.0. The second kappa shape index (κ2) is 7.02. The Morgan fingerprint density at radius 2 is 1.57 bits per heavy atom. The highest BCUT2D eigenvalue weighted by Crippen LogP contribution is 2.42. The smallest absolute Gasteiger partial charge is 0.227 e. The predicted molar refractivity (Wildman–Crippen MR) is 109 cm³/mol. The van der Waals surface area contributed by atoms with Crippen LogP contribution in [0.15, 0.2) is 88.8 Å². The van der Waals surface area contributed by atoms with E-state index in [9.17, 15) is 5.11 Å². The van der Waals surface area contributed by atoms with Gasteiger partial charge >= 0.3 is 0 Å². The van der Waals surface area contributed by atoms with Gasteiger partial charge in [-0.25, -0.2) is 4.98 Å². The molecule has 5 rings (SSSR count). The van der Waals surface area contributed by atoms with Gasteiger partial charge in [0.25, 0.3) is 0 Å². The zero-order valence-electron chi connectivity index (χ0n) is 14.9. The van der Waals surface area contributed by atoms with Gasteiger partial charge in [-0.3, -0.25) is 0 Å². The Morgan fingerprint density at radius 1 is 0.821 bits per heavy atom. The molecule has 1 aliphatic rings. The summed E-state index contributed by atoms with van der Waals surface area (Å²) in [5.41, 5.74) is 2.67. The molecule has 0 aliphatic carbocycles. The van der Waals surface area contributed by atoms with Crippen molar-refractivity contribution in [3.05, 3.63) is 90.0 Å². The number of benzene rings is 3. The number of nitrogens with zero attached hydrogens (tertiary/aromatic N) is 2. The van der Waals surface area contributed by atoms with Crippen molar-refractivity contribution in [1.29, 1.82) is 0 Å². The molecule has 0 spiro atoms. The van der Waals surface area contributed by atoms with Crippen LogP contribution in [-0.4, -0.2) is 15.1 Å². The monoisotopic (exact) mass is 384 g/mol. The van der Waals surface area contributed by atoms with Crippen molar-refractivity contribution >= 4 is 11.8 Å². The summed E-state index contributed by atoms with van der Waals surface area (Å²) < 4.78 is 6.11. The number of phenols is 1. The van der Waals surface area contributed by atoms with Crippen LogP contribution in [0.5, 0.6) is 17.4 Å². The standard InChI is InChI=1S/C23H16N2O2S/c26-19-12-6-5-11-17(19)21-24-22-18(14-15-8-4-7-13-20(15)27-22)23(25-21)28-16-9-2-1-3-10-16/h1-13,26H,14H2. The first-order valence-electron chi connectivity index (χ1n) is 8.96. The molecular formula is C23H16N2O2S. The maximum absolute atomic E-state index is 10.3. The van der Waals surface area contributed by atoms with E-state index in [-0.39, 0.29) is 5.75 Å². The largest absolute Gasteiger partial charge is 0.507 e. The minimum absolute atomic E-state index is 0.148. The summed E-state index contributed by atoms with van der Waals surface area (Å²) in [5.74, 6) is 1.96. The maximum Gasteiger partial charge on any atom is 0.227 e. The molecule has 0 unspecified atom stereocenters. The molecule has 0 saturated heterocycles. The first kappa shape index (κ1) is 16.8. The Labute approximate surface area is 166 Å². The van der Waals surface area contributed by atoms with E-state index in [4.69, 9.17) is 9.72 Å². The van der Waals surface area contributed by atoms with Crippen molar-refractivity contribution in [1.82, 2.24) is 9.97 Å². The van der Waals surface area contributed by atoms with Gasteiger partial charge in [-0.2, -0.15) is 4.98 Å². The SMILES string of the molecule is Oc1ccccc1-c1nc2c(c(Sc3ccccc3)n1)Cc1ccccc1O2. The second-order valence-corrected chi connectivity index (χ2v) is 7.52. The molecule has 4 nitrogen and oxygen atoms in total. The number of aromatic hydroxyl groups is 1. The van der Waals surface area contributed by atoms with Crippen LogP contribution >= 0.6 is 11.8 Å². The molecular weight excluding hydrogens is 368 g/mol. The molecule has 3 aromatic carbocycles. The fourth-order valence-corrected chi connectivity index (χ4v) is 4.12. The van der Waals surface area contributed by atoms with Gasteiger partial charge in [0.05, 0.1) is 11.1 Å². The fraction of sp³-hybridized carbons (Fsp3) is 0.0435. The Balaban J connectivity index is 1.66.